The second kappa shape index (κ2) is 9.21. The summed E-state index contributed by atoms with van der Waals surface area (Å²) in [5, 5.41) is 0. The Hall–Kier alpha value is -1.00. The van der Waals surface area contributed by atoms with Crippen molar-refractivity contribution in [1.29, 1.82) is 0 Å². The molecule has 156 valence electrons. The quantitative estimate of drug-likeness (QED) is 0.610. The van der Waals surface area contributed by atoms with Crippen molar-refractivity contribution in [3.05, 3.63) is 23.8 Å². The van der Waals surface area contributed by atoms with Gasteiger partial charge < -0.3 is 0 Å². The van der Waals surface area contributed by atoms with Crippen molar-refractivity contribution in [2.45, 2.75) is 83.0 Å². The minimum atomic E-state index is -0.844. The number of Topliss-reactive ketones (excluding diaryl/α,β-unsaturated/α-hetero) is 1. The van der Waals surface area contributed by atoms with Crippen LogP contribution in [0.15, 0.2) is 23.8 Å². The summed E-state index contributed by atoms with van der Waals surface area (Å²) < 4.78 is 13.4. The number of carbonyl (C=O) groups excluding carboxylic acids is 1. The van der Waals surface area contributed by atoms with E-state index in [1.165, 1.54) is 63.6 Å². The fourth-order valence-electron chi connectivity index (χ4n) is 5.44. The Kier molecular flexibility index (Phi) is 6.67. The molecule has 1 saturated heterocycles. The average molecular weight is 389 g/mol. The molecule has 4 rings (SSSR count). The van der Waals surface area contributed by atoms with Crippen LogP contribution >= 0.6 is 0 Å². The number of rotatable bonds is 8. The van der Waals surface area contributed by atoms with Crippen LogP contribution in [0.2, 0.25) is 0 Å². The SMILES string of the molecule is CC(=O)C1CC(N(CC2CCCCC2)CC2CC2)CN1CC1=CCC(F)C=C1. The maximum Gasteiger partial charge on any atom is 0.146 e. The van der Waals surface area contributed by atoms with E-state index in [0.717, 1.165) is 31.3 Å². The van der Waals surface area contributed by atoms with E-state index in [9.17, 15) is 9.18 Å². The number of likely N-dealkylation sites (tertiary alicyclic amines) is 1. The van der Waals surface area contributed by atoms with Crippen molar-refractivity contribution in [3.8, 4) is 0 Å². The van der Waals surface area contributed by atoms with E-state index in [2.05, 4.69) is 9.80 Å². The first-order valence-corrected chi connectivity index (χ1v) is 11.6. The molecule has 0 radical (unpaired) electrons. The van der Waals surface area contributed by atoms with Gasteiger partial charge in [0.05, 0.1) is 6.04 Å². The lowest BCUT2D eigenvalue weighted by Gasteiger charge is -2.34. The third-order valence-electron chi connectivity index (χ3n) is 7.28. The summed E-state index contributed by atoms with van der Waals surface area (Å²) in [6.45, 7) is 5.96. The Morgan fingerprint density at radius 1 is 1.14 bits per heavy atom. The monoisotopic (exact) mass is 388 g/mol. The number of allylic oxidation sites excluding steroid dienone is 2. The maximum absolute atomic E-state index is 13.4. The summed E-state index contributed by atoms with van der Waals surface area (Å²) in [7, 11) is 0. The molecule has 0 amide bonds. The molecular weight excluding hydrogens is 351 g/mol. The highest BCUT2D eigenvalue weighted by Gasteiger charge is 2.39. The molecule has 0 aromatic heterocycles. The van der Waals surface area contributed by atoms with Crippen LogP contribution in [-0.2, 0) is 4.79 Å². The van der Waals surface area contributed by atoms with E-state index >= 15 is 0 Å². The zero-order chi connectivity index (χ0) is 19.5. The number of ketones is 1. The predicted molar refractivity (Wildman–Crippen MR) is 112 cm³/mol. The fourth-order valence-corrected chi connectivity index (χ4v) is 5.44. The second-order valence-electron chi connectivity index (χ2n) is 9.74. The second-order valence-corrected chi connectivity index (χ2v) is 9.74. The van der Waals surface area contributed by atoms with E-state index in [1.807, 2.05) is 12.2 Å². The first-order valence-electron chi connectivity index (χ1n) is 11.6. The third kappa shape index (κ3) is 5.33. The Balaban J connectivity index is 1.41. The molecule has 1 aliphatic heterocycles. The molecule has 3 aliphatic carbocycles. The summed E-state index contributed by atoms with van der Waals surface area (Å²) in [4.78, 5) is 17.5. The van der Waals surface area contributed by atoms with Crippen LogP contribution in [0.3, 0.4) is 0 Å². The van der Waals surface area contributed by atoms with E-state index in [0.29, 0.717) is 12.5 Å². The van der Waals surface area contributed by atoms with Crippen LogP contribution < -0.4 is 0 Å². The number of alkyl halides is 1. The Labute approximate surface area is 170 Å². The molecule has 2 saturated carbocycles. The predicted octanol–water partition coefficient (Wildman–Crippen LogP) is 4.54. The summed E-state index contributed by atoms with van der Waals surface area (Å²) in [5.41, 5.74) is 1.17. The molecular formula is C24H37FN2O. The highest BCUT2D eigenvalue weighted by molar-refractivity contribution is 5.82. The van der Waals surface area contributed by atoms with Gasteiger partial charge in [-0.3, -0.25) is 14.6 Å². The van der Waals surface area contributed by atoms with Gasteiger partial charge >= 0.3 is 0 Å². The van der Waals surface area contributed by atoms with E-state index in [4.69, 9.17) is 0 Å². The minimum Gasteiger partial charge on any atom is -0.298 e. The van der Waals surface area contributed by atoms with Crippen LogP contribution in [0.4, 0.5) is 4.39 Å². The van der Waals surface area contributed by atoms with Gasteiger partial charge in [-0.25, -0.2) is 4.39 Å². The lowest BCUT2D eigenvalue weighted by atomic mass is 9.88. The molecule has 3 atom stereocenters. The highest BCUT2D eigenvalue weighted by Crippen LogP contribution is 2.35. The van der Waals surface area contributed by atoms with Gasteiger partial charge in [0, 0.05) is 38.6 Å². The average Bonchev–Trinajstić information content (AvgIpc) is 3.41. The Morgan fingerprint density at radius 3 is 2.46 bits per heavy atom. The number of halogens is 1. The van der Waals surface area contributed by atoms with Crippen molar-refractivity contribution in [2.75, 3.05) is 26.2 Å². The van der Waals surface area contributed by atoms with Crippen molar-refractivity contribution in [3.63, 3.8) is 0 Å². The van der Waals surface area contributed by atoms with Gasteiger partial charge in [-0.2, -0.15) is 0 Å². The molecule has 1 heterocycles. The molecule has 0 spiro atoms. The molecule has 0 bridgehead atoms. The summed E-state index contributed by atoms with van der Waals surface area (Å²) in [6, 6.07) is 0.522. The van der Waals surface area contributed by atoms with Crippen LogP contribution in [0.5, 0.6) is 0 Å². The number of nitrogens with zero attached hydrogens (tertiary/aromatic N) is 2. The van der Waals surface area contributed by atoms with Crippen LogP contribution in [0.1, 0.15) is 64.7 Å². The normalized spacial score (nSPS) is 32.1. The van der Waals surface area contributed by atoms with Gasteiger partial charge in [0.2, 0.25) is 0 Å². The molecule has 3 fully saturated rings. The van der Waals surface area contributed by atoms with Gasteiger partial charge in [-0.1, -0.05) is 37.5 Å². The van der Waals surface area contributed by atoms with Crippen LogP contribution in [-0.4, -0.2) is 60.0 Å². The first kappa shape index (κ1) is 20.3. The Morgan fingerprint density at radius 2 is 1.86 bits per heavy atom. The van der Waals surface area contributed by atoms with Crippen LogP contribution in [0, 0.1) is 11.8 Å². The third-order valence-corrected chi connectivity index (χ3v) is 7.28. The van der Waals surface area contributed by atoms with Gasteiger partial charge in [0.25, 0.3) is 0 Å². The summed E-state index contributed by atoms with van der Waals surface area (Å²) in [6.07, 6.45) is 15.9. The molecule has 3 nitrogen and oxygen atoms in total. The van der Waals surface area contributed by atoms with Gasteiger partial charge in [0.15, 0.2) is 0 Å². The molecule has 0 aromatic rings. The Bertz CT molecular complexity index is 606. The topological polar surface area (TPSA) is 23.6 Å². The van der Waals surface area contributed by atoms with Crippen molar-refractivity contribution in [1.82, 2.24) is 9.80 Å². The molecule has 4 heteroatoms. The van der Waals surface area contributed by atoms with Crippen LogP contribution in [0.25, 0.3) is 0 Å². The smallest absolute Gasteiger partial charge is 0.146 e. The van der Waals surface area contributed by atoms with Gasteiger partial charge in [-0.15, -0.1) is 0 Å². The number of carbonyl (C=O) groups is 1. The number of hydrogen-bond donors (Lipinski definition) is 0. The fraction of sp³-hybridized carbons (Fsp3) is 0.792. The molecule has 28 heavy (non-hydrogen) atoms. The van der Waals surface area contributed by atoms with E-state index in [-0.39, 0.29) is 11.8 Å². The molecule has 0 N–H and O–H groups in total. The molecule has 3 unspecified atom stereocenters. The highest BCUT2D eigenvalue weighted by atomic mass is 19.1. The van der Waals surface area contributed by atoms with Gasteiger partial charge in [-0.05, 0) is 56.4 Å². The van der Waals surface area contributed by atoms with E-state index in [1.54, 1.807) is 13.0 Å². The summed E-state index contributed by atoms with van der Waals surface area (Å²) in [5.74, 6) is 2.02. The lowest BCUT2D eigenvalue weighted by molar-refractivity contribution is -0.121. The number of hydrogen-bond acceptors (Lipinski definition) is 3. The minimum absolute atomic E-state index is 0.0236. The largest absolute Gasteiger partial charge is 0.298 e. The van der Waals surface area contributed by atoms with Crippen molar-refractivity contribution < 1.29 is 9.18 Å². The summed E-state index contributed by atoms with van der Waals surface area (Å²) >= 11 is 0. The molecule has 0 aromatic carbocycles. The standard InChI is InChI=1S/C24H37FN2O/c1-18(28)24-13-23(17-27(24)16-21-9-11-22(25)12-10-21)26(15-20-7-8-20)14-19-5-3-2-4-6-19/h9-11,19-20,22-24H,2-8,12-17H2,1H3. The zero-order valence-corrected chi connectivity index (χ0v) is 17.5. The van der Waals surface area contributed by atoms with Gasteiger partial charge in [0.1, 0.15) is 12.0 Å². The maximum atomic E-state index is 13.4. The molecule has 4 aliphatic rings. The lowest BCUT2D eigenvalue weighted by Crippen LogP contribution is -2.42. The zero-order valence-electron chi connectivity index (χ0n) is 17.5. The van der Waals surface area contributed by atoms with Crippen molar-refractivity contribution in [2.24, 2.45) is 11.8 Å². The first-order chi connectivity index (χ1) is 13.6. The van der Waals surface area contributed by atoms with E-state index < -0.39 is 6.17 Å². The van der Waals surface area contributed by atoms with Crippen molar-refractivity contribution >= 4 is 5.78 Å².